The van der Waals surface area contributed by atoms with Crippen molar-refractivity contribution in [3.63, 3.8) is 0 Å². The van der Waals surface area contributed by atoms with E-state index in [1.807, 2.05) is 66.7 Å². The highest BCUT2D eigenvalue weighted by molar-refractivity contribution is 5.72. The van der Waals surface area contributed by atoms with E-state index in [1.165, 1.54) is 5.56 Å². The van der Waals surface area contributed by atoms with Crippen LogP contribution in [-0.2, 0) is 0 Å². The molecule has 4 aromatic rings. The van der Waals surface area contributed by atoms with Crippen molar-refractivity contribution in [1.29, 1.82) is 0 Å². The lowest BCUT2D eigenvalue weighted by Gasteiger charge is -2.17. The molecule has 4 rings (SSSR count). The van der Waals surface area contributed by atoms with E-state index in [0.717, 1.165) is 11.3 Å². The second-order valence-corrected chi connectivity index (χ2v) is 6.19. The average molecular weight is 353 g/mol. The topological polar surface area (TPSA) is 63.6 Å². The Morgan fingerprint density at radius 1 is 0.778 bits per heavy atom. The van der Waals surface area contributed by atoms with Gasteiger partial charge in [0.15, 0.2) is 5.82 Å². The molecule has 0 amide bonds. The third-order valence-corrected chi connectivity index (χ3v) is 4.28. The lowest BCUT2D eigenvalue weighted by Crippen LogP contribution is -2.11. The van der Waals surface area contributed by atoms with Crippen molar-refractivity contribution >= 4 is 5.82 Å². The van der Waals surface area contributed by atoms with Gasteiger partial charge in [0.05, 0.1) is 6.04 Å². The van der Waals surface area contributed by atoms with Crippen LogP contribution in [0.2, 0.25) is 0 Å². The Hall–Kier alpha value is -3.60. The number of anilines is 1. The molecule has 0 spiro atoms. The molecule has 0 fully saturated rings. The molecule has 132 valence electrons. The van der Waals surface area contributed by atoms with Gasteiger partial charge in [-0.15, -0.1) is 10.2 Å². The highest BCUT2D eigenvalue weighted by Gasteiger charge is 2.15. The number of rotatable bonds is 5. The standard InChI is InChI=1S/C22H19N5/c1-16(17-10-4-2-5-11-17)24-22-20(18-12-6-3-7-13-18)26-27-21(25-22)19-14-8-9-15-23-19/h2-16H,1H3,(H,24,25,27). The first kappa shape index (κ1) is 16.8. The van der Waals surface area contributed by atoms with Crippen LogP contribution in [0.1, 0.15) is 18.5 Å². The van der Waals surface area contributed by atoms with Gasteiger partial charge in [-0.2, -0.15) is 0 Å². The van der Waals surface area contributed by atoms with Gasteiger partial charge in [-0.05, 0) is 24.6 Å². The zero-order chi connectivity index (χ0) is 18.5. The number of pyridine rings is 1. The second kappa shape index (κ2) is 7.74. The molecule has 0 saturated carbocycles. The number of hydrogen-bond donors (Lipinski definition) is 1. The molecule has 1 unspecified atom stereocenters. The Morgan fingerprint density at radius 2 is 1.48 bits per heavy atom. The Bertz CT molecular complexity index is 1000. The van der Waals surface area contributed by atoms with Crippen molar-refractivity contribution in [3.05, 3.63) is 90.6 Å². The fourth-order valence-corrected chi connectivity index (χ4v) is 2.85. The monoisotopic (exact) mass is 353 g/mol. The summed E-state index contributed by atoms with van der Waals surface area (Å²) in [4.78, 5) is 9.07. The molecule has 0 saturated heterocycles. The summed E-state index contributed by atoms with van der Waals surface area (Å²) < 4.78 is 0. The lowest BCUT2D eigenvalue weighted by atomic mass is 10.1. The van der Waals surface area contributed by atoms with Gasteiger partial charge in [-0.25, -0.2) is 4.98 Å². The summed E-state index contributed by atoms with van der Waals surface area (Å²) >= 11 is 0. The van der Waals surface area contributed by atoms with Crippen LogP contribution in [-0.4, -0.2) is 20.2 Å². The van der Waals surface area contributed by atoms with Crippen LogP contribution >= 0.6 is 0 Å². The fraction of sp³-hybridized carbons (Fsp3) is 0.0909. The number of hydrogen-bond acceptors (Lipinski definition) is 5. The minimum atomic E-state index is 0.0712. The summed E-state index contributed by atoms with van der Waals surface area (Å²) in [6.45, 7) is 2.10. The van der Waals surface area contributed by atoms with Crippen molar-refractivity contribution in [2.75, 3.05) is 5.32 Å². The summed E-state index contributed by atoms with van der Waals surface area (Å²) in [5.41, 5.74) is 3.56. The summed E-state index contributed by atoms with van der Waals surface area (Å²) in [7, 11) is 0. The maximum absolute atomic E-state index is 4.74. The van der Waals surface area contributed by atoms with Crippen LogP contribution in [0.15, 0.2) is 85.1 Å². The molecular weight excluding hydrogens is 334 g/mol. The molecule has 0 aliphatic carbocycles. The van der Waals surface area contributed by atoms with E-state index in [1.54, 1.807) is 6.20 Å². The molecule has 27 heavy (non-hydrogen) atoms. The number of nitrogens with one attached hydrogen (secondary N) is 1. The Balaban J connectivity index is 1.76. The van der Waals surface area contributed by atoms with Gasteiger partial charge in [0.1, 0.15) is 11.4 Å². The minimum Gasteiger partial charge on any atom is -0.362 e. The van der Waals surface area contributed by atoms with Gasteiger partial charge in [0.25, 0.3) is 0 Å². The summed E-state index contributed by atoms with van der Waals surface area (Å²) in [6, 6.07) is 25.9. The van der Waals surface area contributed by atoms with Crippen molar-refractivity contribution in [2.24, 2.45) is 0 Å². The van der Waals surface area contributed by atoms with E-state index in [-0.39, 0.29) is 6.04 Å². The zero-order valence-electron chi connectivity index (χ0n) is 14.9. The van der Waals surface area contributed by atoms with Gasteiger partial charge >= 0.3 is 0 Å². The zero-order valence-corrected chi connectivity index (χ0v) is 14.9. The Morgan fingerprint density at radius 3 is 2.19 bits per heavy atom. The normalized spacial score (nSPS) is 11.7. The number of nitrogens with zero attached hydrogens (tertiary/aromatic N) is 4. The third kappa shape index (κ3) is 3.82. The predicted octanol–water partition coefficient (Wildman–Crippen LogP) is 4.77. The lowest BCUT2D eigenvalue weighted by molar-refractivity contribution is 0.862. The van der Waals surface area contributed by atoms with Crippen LogP contribution in [0, 0.1) is 0 Å². The van der Waals surface area contributed by atoms with Gasteiger partial charge in [0.2, 0.25) is 5.82 Å². The largest absolute Gasteiger partial charge is 0.362 e. The molecule has 0 aliphatic rings. The first-order valence-electron chi connectivity index (χ1n) is 8.84. The number of benzene rings is 2. The molecule has 0 radical (unpaired) electrons. The maximum Gasteiger partial charge on any atom is 0.202 e. The maximum atomic E-state index is 4.74. The van der Waals surface area contributed by atoms with Crippen LogP contribution in [0.3, 0.4) is 0 Å². The van der Waals surface area contributed by atoms with Gasteiger partial charge in [-0.1, -0.05) is 66.7 Å². The highest BCUT2D eigenvalue weighted by atomic mass is 15.2. The van der Waals surface area contributed by atoms with Crippen LogP contribution in [0.4, 0.5) is 5.82 Å². The Labute approximate surface area is 158 Å². The van der Waals surface area contributed by atoms with E-state index in [9.17, 15) is 0 Å². The van der Waals surface area contributed by atoms with E-state index in [2.05, 4.69) is 39.6 Å². The van der Waals surface area contributed by atoms with E-state index in [0.29, 0.717) is 17.3 Å². The highest BCUT2D eigenvalue weighted by Crippen LogP contribution is 2.28. The van der Waals surface area contributed by atoms with Gasteiger partial charge in [0, 0.05) is 11.8 Å². The smallest absolute Gasteiger partial charge is 0.202 e. The molecule has 2 aromatic carbocycles. The summed E-state index contributed by atoms with van der Waals surface area (Å²) in [5, 5.41) is 12.3. The molecule has 0 bridgehead atoms. The molecule has 1 atom stereocenters. The fourth-order valence-electron chi connectivity index (χ4n) is 2.85. The molecular formula is C22H19N5. The summed E-state index contributed by atoms with van der Waals surface area (Å²) in [6.07, 6.45) is 1.73. The van der Waals surface area contributed by atoms with E-state index < -0.39 is 0 Å². The minimum absolute atomic E-state index is 0.0712. The van der Waals surface area contributed by atoms with Crippen molar-refractivity contribution in [2.45, 2.75) is 13.0 Å². The van der Waals surface area contributed by atoms with Crippen molar-refractivity contribution in [3.8, 4) is 22.8 Å². The van der Waals surface area contributed by atoms with Crippen LogP contribution in [0.25, 0.3) is 22.8 Å². The van der Waals surface area contributed by atoms with E-state index in [4.69, 9.17) is 4.98 Å². The molecule has 5 heteroatoms. The van der Waals surface area contributed by atoms with Crippen molar-refractivity contribution in [1.82, 2.24) is 20.2 Å². The third-order valence-electron chi connectivity index (χ3n) is 4.28. The molecule has 1 N–H and O–H groups in total. The second-order valence-electron chi connectivity index (χ2n) is 6.19. The number of aromatic nitrogens is 4. The van der Waals surface area contributed by atoms with Gasteiger partial charge < -0.3 is 5.32 Å². The summed E-state index contributed by atoms with van der Waals surface area (Å²) in [5.74, 6) is 1.19. The van der Waals surface area contributed by atoms with Crippen LogP contribution < -0.4 is 5.32 Å². The van der Waals surface area contributed by atoms with E-state index >= 15 is 0 Å². The SMILES string of the molecule is CC(Nc1nc(-c2ccccn2)nnc1-c1ccccc1)c1ccccc1. The Kier molecular flexibility index (Phi) is 4.83. The predicted molar refractivity (Wildman–Crippen MR) is 107 cm³/mol. The quantitative estimate of drug-likeness (QED) is 0.560. The van der Waals surface area contributed by atoms with Gasteiger partial charge in [-0.3, -0.25) is 4.98 Å². The average Bonchev–Trinajstić information content (AvgIpc) is 2.75. The molecule has 0 aliphatic heterocycles. The first-order chi connectivity index (χ1) is 13.3. The molecule has 5 nitrogen and oxygen atoms in total. The van der Waals surface area contributed by atoms with Crippen molar-refractivity contribution < 1.29 is 0 Å². The molecule has 2 aromatic heterocycles. The van der Waals surface area contributed by atoms with Crippen LogP contribution in [0.5, 0.6) is 0 Å². The molecule has 2 heterocycles. The first-order valence-corrected chi connectivity index (χ1v) is 8.84.